The van der Waals surface area contributed by atoms with Crippen LogP contribution in [0.4, 0.5) is 10.1 Å². The van der Waals surface area contributed by atoms with Crippen molar-refractivity contribution in [2.75, 3.05) is 17.2 Å². The van der Waals surface area contributed by atoms with Crippen molar-refractivity contribution < 1.29 is 17.6 Å². The average molecular weight is 326 g/mol. The molecule has 0 saturated carbocycles. The van der Waals surface area contributed by atoms with E-state index in [1.54, 1.807) is 13.0 Å². The quantitative estimate of drug-likeness (QED) is 0.897. The number of carbonyl (C=O) groups is 1. The monoisotopic (exact) mass is 326 g/mol. The molecule has 2 aliphatic heterocycles. The van der Waals surface area contributed by atoms with Crippen molar-refractivity contribution in [1.29, 1.82) is 0 Å². The zero-order valence-corrected chi connectivity index (χ0v) is 13.2. The molecule has 0 spiro atoms. The van der Waals surface area contributed by atoms with Crippen molar-refractivity contribution in [2.24, 2.45) is 0 Å². The first kappa shape index (κ1) is 15.4. The number of nitrogens with zero attached hydrogens (tertiary/aromatic N) is 1. The van der Waals surface area contributed by atoms with E-state index in [0.29, 0.717) is 18.7 Å². The van der Waals surface area contributed by atoms with Gasteiger partial charge in [-0.3, -0.25) is 4.79 Å². The normalized spacial score (nSPS) is 26.7. The van der Waals surface area contributed by atoms with Crippen LogP contribution in [-0.2, 0) is 21.2 Å². The number of fused-ring (bicyclic) bond motifs is 1. The van der Waals surface area contributed by atoms with Crippen LogP contribution >= 0.6 is 0 Å². The second-order valence-corrected chi connectivity index (χ2v) is 8.15. The van der Waals surface area contributed by atoms with Gasteiger partial charge in [0.1, 0.15) is 5.82 Å². The molecule has 1 unspecified atom stereocenters. The maximum Gasteiger partial charge on any atom is 0.228 e. The van der Waals surface area contributed by atoms with Gasteiger partial charge >= 0.3 is 0 Å². The highest BCUT2D eigenvalue weighted by Gasteiger charge is 2.40. The van der Waals surface area contributed by atoms with E-state index in [1.165, 1.54) is 11.0 Å². The lowest BCUT2D eigenvalue weighted by Crippen LogP contribution is -2.45. The number of para-hydroxylation sites is 1. The minimum atomic E-state index is -3.29. The molecule has 1 aromatic rings. The molecule has 2 aliphatic rings. The molecule has 0 bridgehead atoms. The van der Waals surface area contributed by atoms with Crippen LogP contribution in [0.1, 0.15) is 31.7 Å². The van der Waals surface area contributed by atoms with Crippen molar-refractivity contribution in [2.45, 2.75) is 38.1 Å². The summed E-state index contributed by atoms with van der Waals surface area (Å²) < 4.78 is 39.8. The van der Waals surface area contributed by atoms with Gasteiger partial charge in [-0.15, -0.1) is 0 Å². The summed E-state index contributed by atoms with van der Waals surface area (Å²) >= 11 is 0. The molecular formula is C15H19FN2O3S. The predicted molar refractivity (Wildman–Crippen MR) is 81.6 cm³/mol. The van der Waals surface area contributed by atoms with Gasteiger partial charge in [-0.05, 0) is 37.8 Å². The van der Waals surface area contributed by atoms with E-state index >= 15 is 0 Å². The largest absolute Gasteiger partial charge is 0.309 e. The van der Waals surface area contributed by atoms with E-state index < -0.39 is 21.4 Å². The number of halogens is 1. The van der Waals surface area contributed by atoms with Gasteiger partial charge in [0.2, 0.25) is 15.9 Å². The number of hydrogen-bond acceptors (Lipinski definition) is 3. The van der Waals surface area contributed by atoms with E-state index in [1.807, 2.05) is 6.07 Å². The van der Waals surface area contributed by atoms with Gasteiger partial charge in [0.15, 0.2) is 0 Å². The Bertz CT molecular complexity index is 719. The Kier molecular flexibility index (Phi) is 3.72. The Morgan fingerprint density at radius 1 is 1.45 bits per heavy atom. The third kappa shape index (κ3) is 2.87. The molecule has 1 N–H and O–H groups in total. The lowest BCUT2D eigenvalue weighted by molar-refractivity contribution is -0.119. The Morgan fingerprint density at radius 3 is 2.91 bits per heavy atom. The molecule has 1 atom stereocenters. The second kappa shape index (κ2) is 5.31. The molecule has 22 heavy (non-hydrogen) atoms. The Labute approximate surface area is 129 Å². The Hall–Kier alpha value is -1.47. The molecule has 1 saturated heterocycles. The summed E-state index contributed by atoms with van der Waals surface area (Å²) in [6.07, 6.45) is 1.96. The number of hydrogen-bond donors (Lipinski definition) is 1. The fourth-order valence-electron chi connectivity index (χ4n) is 3.24. The van der Waals surface area contributed by atoms with Crippen LogP contribution in [0.3, 0.4) is 0 Å². The maximum atomic E-state index is 14.1. The number of nitrogens with one attached hydrogen (secondary N) is 1. The van der Waals surface area contributed by atoms with E-state index in [0.717, 1.165) is 18.4 Å². The van der Waals surface area contributed by atoms with Crippen molar-refractivity contribution in [3.05, 3.63) is 29.6 Å². The maximum absolute atomic E-state index is 14.1. The fraction of sp³-hybridized carbons (Fsp3) is 0.533. The molecule has 120 valence electrons. The summed E-state index contributed by atoms with van der Waals surface area (Å²) in [5.74, 6) is -0.609. The van der Waals surface area contributed by atoms with Gasteiger partial charge in [0.05, 0.1) is 11.4 Å². The highest BCUT2D eigenvalue weighted by Crippen LogP contribution is 2.32. The van der Waals surface area contributed by atoms with Gasteiger partial charge in [0, 0.05) is 18.5 Å². The van der Waals surface area contributed by atoms with Crippen LogP contribution in [0.2, 0.25) is 0 Å². The smallest absolute Gasteiger partial charge is 0.228 e. The first-order valence-electron chi connectivity index (χ1n) is 7.39. The molecule has 1 fully saturated rings. The topological polar surface area (TPSA) is 66.5 Å². The molecule has 1 amide bonds. The highest BCUT2D eigenvalue weighted by atomic mass is 32.2. The molecule has 1 aromatic carbocycles. The number of carbonyl (C=O) groups excluding carboxylic acids is 1. The lowest BCUT2D eigenvalue weighted by atomic mass is 9.94. The summed E-state index contributed by atoms with van der Waals surface area (Å²) in [4.78, 5) is 14.1. The van der Waals surface area contributed by atoms with Crippen LogP contribution in [0.15, 0.2) is 18.2 Å². The summed E-state index contributed by atoms with van der Waals surface area (Å²) in [5, 5.41) is 0. The average Bonchev–Trinajstić information content (AvgIpc) is 2.72. The fourth-order valence-corrected chi connectivity index (χ4v) is 4.99. The van der Waals surface area contributed by atoms with Crippen molar-refractivity contribution in [3.8, 4) is 0 Å². The molecule has 5 nitrogen and oxygen atoms in total. The van der Waals surface area contributed by atoms with Crippen molar-refractivity contribution >= 4 is 21.6 Å². The van der Waals surface area contributed by atoms with Gasteiger partial charge in [-0.2, -0.15) is 0 Å². The first-order chi connectivity index (χ1) is 10.3. The second-order valence-electron chi connectivity index (χ2n) is 6.30. The molecular weight excluding hydrogens is 307 g/mol. The Balaban J connectivity index is 1.83. The van der Waals surface area contributed by atoms with Crippen molar-refractivity contribution in [1.82, 2.24) is 4.72 Å². The van der Waals surface area contributed by atoms with Gasteiger partial charge in [-0.1, -0.05) is 12.1 Å². The van der Waals surface area contributed by atoms with E-state index in [-0.39, 0.29) is 18.1 Å². The first-order valence-corrected chi connectivity index (χ1v) is 9.04. The minimum absolute atomic E-state index is 0.0295. The molecule has 2 heterocycles. The minimum Gasteiger partial charge on any atom is -0.309 e. The molecule has 0 aliphatic carbocycles. The van der Waals surface area contributed by atoms with Crippen LogP contribution in [0, 0.1) is 5.82 Å². The van der Waals surface area contributed by atoms with E-state index in [9.17, 15) is 17.6 Å². The molecule has 0 radical (unpaired) electrons. The number of sulfonamides is 1. The number of rotatable bonds is 2. The third-order valence-corrected chi connectivity index (χ3v) is 5.88. The van der Waals surface area contributed by atoms with Crippen LogP contribution in [0.5, 0.6) is 0 Å². The van der Waals surface area contributed by atoms with Crippen LogP contribution < -0.4 is 9.62 Å². The number of aryl methyl sites for hydroxylation is 1. The van der Waals surface area contributed by atoms with Gasteiger partial charge in [-0.25, -0.2) is 17.5 Å². The molecule has 7 heteroatoms. The zero-order valence-electron chi connectivity index (χ0n) is 12.4. The van der Waals surface area contributed by atoms with E-state index in [4.69, 9.17) is 0 Å². The van der Waals surface area contributed by atoms with Crippen molar-refractivity contribution in [3.63, 3.8) is 0 Å². The SMILES string of the molecule is CC1(CC(=O)N2CCCc3cccc(F)c32)CCS(=O)(=O)N1. The Morgan fingerprint density at radius 2 is 2.23 bits per heavy atom. The number of anilines is 1. The van der Waals surface area contributed by atoms with E-state index in [2.05, 4.69) is 4.72 Å². The highest BCUT2D eigenvalue weighted by molar-refractivity contribution is 7.89. The summed E-state index contributed by atoms with van der Waals surface area (Å²) in [7, 11) is -3.29. The third-order valence-electron chi connectivity index (χ3n) is 4.34. The standard InChI is InChI=1S/C15H19FN2O3S/c1-15(7-9-22(20,21)17-15)10-13(19)18-8-3-5-11-4-2-6-12(16)14(11)18/h2,4,6,17H,3,5,7-10H2,1H3. The number of amides is 1. The van der Waals surface area contributed by atoms with Crippen LogP contribution in [0.25, 0.3) is 0 Å². The molecule has 0 aromatic heterocycles. The summed E-state index contributed by atoms with van der Waals surface area (Å²) in [5.41, 5.74) is 0.402. The summed E-state index contributed by atoms with van der Waals surface area (Å²) in [6, 6.07) is 4.83. The van der Waals surface area contributed by atoms with Gasteiger partial charge < -0.3 is 4.90 Å². The van der Waals surface area contributed by atoms with Crippen LogP contribution in [-0.4, -0.2) is 32.2 Å². The molecule has 3 rings (SSSR count). The van der Waals surface area contributed by atoms with Gasteiger partial charge in [0.25, 0.3) is 0 Å². The lowest BCUT2D eigenvalue weighted by Gasteiger charge is -2.32. The number of benzene rings is 1. The zero-order chi connectivity index (χ0) is 16.0. The predicted octanol–water partition coefficient (Wildman–Crippen LogP) is 1.58. The summed E-state index contributed by atoms with van der Waals surface area (Å²) in [6.45, 7) is 2.19.